The van der Waals surface area contributed by atoms with Crippen LogP contribution >= 0.6 is 11.6 Å². The van der Waals surface area contributed by atoms with Crippen molar-refractivity contribution in [1.29, 1.82) is 0 Å². The number of benzene rings is 3. The first-order chi connectivity index (χ1) is 16.3. The first kappa shape index (κ1) is 25.2. The van der Waals surface area contributed by atoms with Gasteiger partial charge in [0.15, 0.2) is 11.5 Å². The smallest absolute Gasteiger partial charge is 0.264 e. The lowest BCUT2D eigenvalue weighted by molar-refractivity contribution is -0.119. The van der Waals surface area contributed by atoms with E-state index < -0.39 is 22.5 Å². The van der Waals surface area contributed by atoms with Crippen molar-refractivity contribution in [2.24, 2.45) is 0 Å². The Labute approximate surface area is 204 Å². The third-order valence-electron chi connectivity index (χ3n) is 5.01. The number of sulfonamides is 1. The monoisotopic (exact) mass is 504 g/mol. The highest BCUT2D eigenvalue weighted by Crippen LogP contribution is 2.32. The highest BCUT2D eigenvalue weighted by Gasteiger charge is 2.28. The standard InChI is InChI=1S/C24H25ClN2O6S/c1-31-21-7-5-4-6-17(21)15-26-24(28)16-27(19-10-8-18(25)9-11-19)34(29,30)20-12-13-22(32-2)23(14-20)33-3/h4-14H,15-16H2,1-3H3,(H,26,28). The number of nitrogens with one attached hydrogen (secondary N) is 1. The molecule has 0 unspecified atom stereocenters. The molecule has 0 radical (unpaired) electrons. The van der Waals surface area contributed by atoms with E-state index in [0.29, 0.717) is 16.5 Å². The average Bonchev–Trinajstić information content (AvgIpc) is 2.86. The van der Waals surface area contributed by atoms with Crippen molar-refractivity contribution >= 4 is 33.2 Å². The highest BCUT2D eigenvalue weighted by molar-refractivity contribution is 7.92. The van der Waals surface area contributed by atoms with Gasteiger partial charge in [-0.2, -0.15) is 0 Å². The summed E-state index contributed by atoms with van der Waals surface area (Å²) in [6.07, 6.45) is 0. The molecule has 3 aromatic rings. The maximum absolute atomic E-state index is 13.6. The predicted octanol–water partition coefficient (Wildman–Crippen LogP) is 3.88. The summed E-state index contributed by atoms with van der Waals surface area (Å²) in [5, 5.41) is 3.19. The molecule has 0 bridgehead atoms. The molecule has 10 heteroatoms. The van der Waals surface area contributed by atoms with Crippen LogP contribution in [0, 0.1) is 0 Å². The van der Waals surface area contributed by atoms with Crippen LogP contribution in [0.5, 0.6) is 17.2 Å². The predicted molar refractivity (Wildman–Crippen MR) is 130 cm³/mol. The molecule has 180 valence electrons. The van der Waals surface area contributed by atoms with Crippen molar-refractivity contribution in [1.82, 2.24) is 5.32 Å². The topological polar surface area (TPSA) is 94.2 Å². The minimum atomic E-state index is -4.15. The Morgan fingerprint density at radius 2 is 1.53 bits per heavy atom. The largest absolute Gasteiger partial charge is 0.496 e. The normalized spacial score (nSPS) is 10.9. The van der Waals surface area contributed by atoms with Crippen molar-refractivity contribution in [3.63, 3.8) is 0 Å². The molecule has 0 aliphatic rings. The second-order valence-corrected chi connectivity index (χ2v) is 9.39. The SMILES string of the molecule is COc1ccccc1CNC(=O)CN(c1ccc(Cl)cc1)S(=O)(=O)c1ccc(OC)c(OC)c1. The molecule has 34 heavy (non-hydrogen) atoms. The number of carbonyl (C=O) groups is 1. The number of para-hydroxylation sites is 1. The molecular weight excluding hydrogens is 480 g/mol. The summed E-state index contributed by atoms with van der Waals surface area (Å²) in [5.74, 6) is 0.759. The van der Waals surface area contributed by atoms with Gasteiger partial charge in [0.05, 0.1) is 31.9 Å². The molecule has 3 rings (SSSR count). The zero-order valence-electron chi connectivity index (χ0n) is 18.9. The molecule has 0 saturated heterocycles. The van der Waals surface area contributed by atoms with Gasteiger partial charge >= 0.3 is 0 Å². The van der Waals surface area contributed by atoms with E-state index in [1.165, 1.54) is 44.6 Å². The Morgan fingerprint density at radius 3 is 2.18 bits per heavy atom. The number of halogens is 1. The molecule has 1 amide bonds. The molecule has 0 heterocycles. The Bertz CT molecular complexity index is 1250. The summed E-state index contributed by atoms with van der Waals surface area (Å²) in [5.41, 5.74) is 1.05. The van der Waals surface area contributed by atoms with Crippen LogP contribution in [0.1, 0.15) is 5.56 Å². The van der Waals surface area contributed by atoms with Crippen LogP contribution in [-0.4, -0.2) is 42.2 Å². The molecule has 0 aliphatic heterocycles. The zero-order chi connectivity index (χ0) is 24.7. The van der Waals surface area contributed by atoms with Crippen LogP contribution in [0.4, 0.5) is 5.69 Å². The first-order valence-corrected chi connectivity index (χ1v) is 12.0. The van der Waals surface area contributed by atoms with Crippen LogP contribution in [0.3, 0.4) is 0 Å². The van der Waals surface area contributed by atoms with E-state index in [1.54, 1.807) is 25.3 Å². The minimum absolute atomic E-state index is 0.0578. The van der Waals surface area contributed by atoms with Crippen molar-refractivity contribution in [3.8, 4) is 17.2 Å². The van der Waals surface area contributed by atoms with Gasteiger partial charge in [-0.05, 0) is 42.5 Å². The molecular formula is C24H25ClN2O6S. The summed E-state index contributed by atoms with van der Waals surface area (Å²) in [4.78, 5) is 12.8. The Kier molecular flexibility index (Phi) is 8.25. The first-order valence-electron chi connectivity index (χ1n) is 10.2. The molecule has 0 fully saturated rings. The third kappa shape index (κ3) is 5.73. The van der Waals surface area contributed by atoms with E-state index in [9.17, 15) is 13.2 Å². The van der Waals surface area contributed by atoms with Gasteiger partial charge in [0, 0.05) is 23.2 Å². The van der Waals surface area contributed by atoms with Crippen LogP contribution < -0.4 is 23.8 Å². The van der Waals surface area contributed by atoms with E-state index in [4.69, 9.17) is 25.8 Å². The molecule has 0 aromatic heterocycles. The van der Waals surface area contributed by atoms with Crippen molar-refractivity contribution < 1.29 is 27.4 Å². The Morgan fingerprint density at radius 1 is 0.882 bits per heavy atom. The van der Waals surface area contributed by atoms with E-state index in [-0.39, 0.29) is 22.9 Å². The van der Waals surface area contributed by atoms with Gasteiger partial charge < -0.3 is 19.5 Å². The summed E-state index contributed by atoms with van der Waals surface area (Å²) >= 11 is 5.98. The Balaban J connectivity index is 1.91. The lowest BCUT2D eigenvalue weighted by Gasteiger charge is -2.24. The summed E-state index contributed by atoms with van der Waals surface area (Å²) in [7, 11) is 0.264. The van der Waals surface area contributed by atoms with E-state index in [2.05, 4.69) is 5.32 Å². The second kappa shape index (κ2) is 11.1. The number of rotatable bonds is 10. The number of amides is 1. The number of hydrogen-bond acceptors (Lipinski definition) is 6. The van der Waals surface area contributed by atoms with Crippen molar-refractivity contribution in [3.05, 3.63) is 77.3 Å². The molecule has 0 aliphatic carbocycles. The van der Waals surface area contributed by atoms with Gasteiger partial charge in [-0.3, -0.25) is 9.10 Å². The summed E-state index contributed by atoms with van der Waals surface area (Å²) in [6.45, 7) is -0.277. The molecule has 0 spiro atoms. The molecule has 0 atom stereocenters. The summed E-state index contributed by atoms with van der Waals surface area (Å²) < 4.78 is 43.9. The maximum Gasteiger partial charge on any atom is 0.264 e. The number of nitrogens with zero attached hydrogens (tertiary/aromatic N) is 1. The van der Waals surface area contributed by atoms with E-state index in [1.807, 2.05) is 18.2 Å². The lowest BCUT2D eigenvalue weighted by Crippen LogP contribution is -2.40. The number of methoxy groups -OCH3 is 3. The summed E-state index contributed by atoms with van der Waals surface area (Å²) in [6, 6.07) is 17.7. The minimum Gasteiger partial charge on any atom is -0.496 e. The molecule has 8 nitrogen and oxygen atoms in total. The van der Waals surface area contributed by atoms with Crippen LogP contribution in [0.25, 0.3) is 0 Å². The van der Waals surface area contributed by atoms with Crippen LogP contribution in [0.15, 0.2) is 71.6 Å². The highest BCUT2D eigenvalue weighted by atomic mass is 35.5. The maximum atomic E-state index is 13.6. The van der Waals surface area contributed by atoms with Crippen molar-refractivity contribution in [2.75, 3.05) is 32.2 Å². The Hall–Kier alpha value is -3.43. The fourth-order valence-electron chi connectivity index (χ4n) is 3.26. The average molecular weight is 505 g/mol. The molecule has 0 saturated carbocycles. The lowest BCUT2D eigenvalue weighted by atomic mass is 10.2. The zero-order valence-corrected chi connectivity index (χ0v) is 20.5. The fraction of sp³-hybridized carbons (Fsp3) is 0.208. The third-order valence-corrected chi connectivity index (χ3v) is 7.04. The number of hydrogen-bond donors (Lipinski definition) is 1. The van der Waals surface area contributed by atoms with Crippen LogP contribution in [-0.2, 0) is 21.4 Å². The van der Waals surface area contributed by atoms with Gasteiger partial charge in [-0.15, -0.1) is 0 Å². The van der Waals surface area contributed by atoms with Crippen molar-refractivity contribution in [2.45, 2.75) is 11.4 Å². The molecule has 3 aromatic carbocycles. The van der Waals surface area contributed by atoms with Gasteiger partial charge in [0.1, 0.15) is 12.3 Å². The number of anilines is 1. The number of carbonyl (C=O) groups excluding carboxylic acids is 1. The van der Waals surface area contributed by atoms with Gasteiger partial charge in [0.25, 0.3) is 10.0 Å². The van der Waals surface area contributed by atoms with E-state index in [0.717, 1.165) is 9.87 Å². The fourth-order valence-corrected chi connectivity index (χ4v) is 4.82. The van der Waals surface area contributed by atoms with Gasteiger partial charge in [0.2, 0.25) is 5.91 Å². The second-order valence-electron chi connectivity index (χ2n) is 7.09. The van der Waals surface area contributed by atoms with Crippen LogP contribution in [0.2, 0.25) is 5.02 Å². The quantitative estimate of drug-likeness (QED) is 0.450. The van der Waals surface area contributed by atoms with Gasteiger partial charge in [-0.25, -0.2) is 8.42 Å². The molecule has 1 N–H and O–H groups in total. The van der Waals surface area contributed by atoms with Gasteiger partial charge in [-0.1, -0.05) is 29.8 Å². The number of ether oxygens (including phenoxy) is 3. The van der Waals surface area contributed by atoms with E-state index >= 15 is 0 Å².